The molecule has 0 saturated heterocycles. The average molecular weight is 272 g/mol. The lowest BCUT2D eigenvalue weighted by Gasteiger charge is -2.17. The van der Waals surface area contributed by atoms with E-state index < -0.39 is 0 Å². The Morgan fingerprint density at radius 1 is 1.53 bits per heavy atom. The first-order valence-corrected chi connectivity index (χ1v) is 7.80. The Kier molecular flexibility index (Phi) is 5.98. The Labute approximate surface area is 111 Å². The number of aromatic nitrogens is 1. The maximum absolute atomic E-state index is 11.6. The van der Waals surface area contributed by atoms with E-state index >= 15 is 0 Å². The molecule has 17 heavy (non-hydrogen) atoms. The molecule has 0 aliphatic heterocycles. The van der Waals surface area contributed by atoms with Crippen molar-refractivity contribution in [3.05, 3.63) is 16.1 Å². The molecule has 0 saturated carbocycles. The molecule has 0 radical (unpaired) electrons. The number of hydrogen-bond acceptors (Lipinski definition) is 4. The maximum atomic E-state index is 11.6. The molecular weight excluding hydrogens is 252 g/mol. The number of thiazole rings is 1. The predicted octanol–water partition coefficient (Wildman–Crippen LogP) is 2.85. The molecule has 3 nitrogen and oxygen atoms in total. The van der Waals surface area contributed by atoms with Crippen LogP contribution in [0.5, 0.6) is 0 Å². The van der Waals surface area contributed by atoms with E-state index in [-0.39, 0.29) is 11.9 Å². The summed E-state index contributed by atoms with van der Waals surface area (Å²) in [6, 6.07) is 0.240. The number of aryl methyl sites for hydroxylation is 1. The molecule has 0 spiro atoms. The quantitative estimate of drug-likeness (QED) is 0.866. The zero-order chi connectivity index (χ0) is 12.8. The summed E-state index contributed by atoms with van der Waals surface area (Å²) in [5.41, 5.74) is 1.07. The third-order valence-corrected chi connectivity index (χ3v) is 4.33. The lowest BCUT2D eigenvalue weighted by Crippen LogP contribution is -2.37. The van der Waals surface area contributed by atoms with E-state index in [1.807, 2.05) is 13.8 Å². The molecule has 5 heteroatoms. The molecule has 1 aromatic rings. The lowest BCUT2D eigenvalue weighted by molar-refractivity contribution is -0.119. The molecule has 1 amide bonds. The van der Waals surface area contributed by atoms with Gasteiger partial charge in [0.05, 0.1) is 16.5 Å². The van der Waals surface area contributed by atoms with Crippen molar-refractivity contribution >= 4 is 29.0 Å². The fourth-order valence-electron chi connectivity index (χ4n) is 1.19. The van der Waals surface area contributed by atoms with Crippen LogP contribution in [0.15, 0.2) is 5.38 Å². The highest BCUT2D eigenvalue weighted by atomic mass is 32.2. The van der Waals surface area contributed by atoms with Crippen LogP contribution in [0.25, 0.3) is 0 Å². The molecule has 96 valence electrons. The van der Waals surface area contributed by atoms with E-state index in [1.54, 1.807) is 23.1 Å². The molecule has 0 aliphatic rings. The SMILES string of the molecule is Cc1nc(CSCC(=O)N[C@@H](C)C(C)C)cs1. The van der Waals surface area contributed by atoms with Gasteiger partial charge in [-0.1, -0.05) is 13.8 Å². The number of thioether (sulfide) groups is 1. The molecule has 1 aromatic heterocycles. The standard InChI is InChI=1S/C12H20N2OS2/c1-8(2)9(3)13-12(15)7-16-5-11-6-17-10(4)14-11/h6,8-9H,5,7H2,1-4H3,(H,13,15)/t9-/m0/s1. The number of rotatable bonds is 6. The van der Waals surface area contributed by atoms with Crippen LogP contribution < -0.4 is 5.32 Å². The van der Waals surface area contributed by atoms with Gasteiger partial charge in [0.25, 0.3) is 0 Å². The number of nitrogens with one attached hydrogen (secondary N) is 1. The van der Waals surface area contributed by atoms with E-state index in [0.29, 0.717) is 11.7 Å². The summed E-state index contributed by atoms with van der Waals surface area (Å²) in [7, 11) is 0. The van der Waals surface area contributed by atoms with Gasteiger partial charge in [0.2, 0.25) is 5.91 Å². The lowest BCUT2D eigenvalue weighted by atomic mass is 10.1. The number of carbonyl (C=O) groups excluding carboxylic acids is 1. The zero-order valence-corrected chi connectivity index (χ0v) is 12.5. The van der Waals surface area contributed by atoms with Crippen LogP contribution in [0.4, 0.5) is 0 Å². The number of amides is 1. The summed E-state index contributed by atoms with van der Waals surface area (Å²) in [6.45, 7) is 8.25. The molecule has 1 heterocycles. The topological polar surface area (TPSA) is 42.0 Å². The molecule has 1 atom stereocenters. The Morgan fingerprint density at radius 2 is 2.24 bits per heavy atom. The fraction of sp³-hybridized carbons (Fsp3) is 0.667. The van der Waals surface area contributed by atoms with Gasteiger partial charge in [-0.05, 0) is 19.8 Å². The average Bonchev–Trinajstić information content (AvgIpc) is 2.64. The van der Waals surface area contributed by atoms with Crippen LogP contribution >= 0.6 is 23.1 Å². The number of hydrogen-bond donors (Lipinski definition) is 1. The minimum atomic E-state index is 0.114. The van der Waals surface area contributed by atoms with E-state index in [0.717, 1.165) is 16.5 Å². The Hall–Kier alpha value is -0.550. The summed E-state index contributed by atoms with van der Waals surface area (Å²) in [6.07, 6.45) is 0. The van der Waals surface area contributed by atoms with E-state index in [1.165, 1.54) is 0 Å². The van der Waals surface area contributed by atoms with Gasteiger partial charge >= 0.3 is 0 Å². The van der Waals surface area contributed by atoms with E-state index in [4.69, 9.17) is 0 Å². The van der Waals surface area contributed by atoms with Crippen molar-refractivity contribution in [2.75, 3.05) is 5.75 Å². The van der Waals surface area contributed by atoms with Gasteiger partial charge in [-0.2, -0.15) is 0 Å². The Balaban J connectivity index is 2.20. The van der Waals surface area contributed by atoms with Gasteiger partial charge in [0, 0.05) is 17.2 Å². The molecule has 1 N–H and O–H groups in total. The first-order chi connectivity index (χ1) is 7.99. The van der Waals surface area contributed by atoms with Crippen LogP contribution in [0, 0.1) is 12.8 Å². The molecular formula is C12H20N2OS2. The van der Waals surface area contributed by atoms with Crippen LogP contribution in [-0.4, -0.2) is 22.7 Å². The highest BCUT2D eigenvalue weighted by molar-refractivity contribution is 7.99. The van der Waals surface area contributed by atoms with Gasteiger partial charge in [-0.3, -0.25) is 4.79 Å². The van der Waals surface area contributed by atoms with Gasteiger partial charge < -0.3 is 5.32 Å². The first-order valence-electron chi connectivity index (χ1n) is 5.77. The minimum Gasteiger partial charge on any atom is -0.353 e. The third kappa shape index (κ3) is 5.55. The summed E-state index contributed by atoms with van der Waals surface area (Å²) < 4.78 is 0. The smallest absolute Gasteiger partial charge is 0.230 e. The molecule has 0 aliphatic carbocycles. The van der Waals surface area contributed by atoms with Crippen molar-refractivity contribution in [3.63, 3.8) is 0 Å². The number of carbonyl (C=O) groups is 1. The third-order valence-electron chi connectivity index (χ3n) is 2.54. The molecule has 1 rings (SSSR count). The second-order valence-electron chi connectivity index (χ2n) is 4.45. The fourth-order valence-corrected chi connectivity index (χ4v) is 2.63. The normalized spacial score (nSPS) is 12.8. The van der Waals surface area contributed by atoms with Gasteiger partial charge in [0.1, 0.15) is 0 Å². The van der Waals surface area contributed by atoms with Crippen LogP contribution in [0.3, 0.4) is 0 Å². The van der Waals surface area contributed by atoms with Crippen molar-refractivity contribution in [1.29, 1.82) is 0 Å². The highest BCUT2D eigenvalue weighted by Crippen LogP contribution is 2.14. The van der Waals surface area contributed by atoms with Crippen molar-refractivity contribution in [2.45, 2.75) is 39.5 Å². The van der Waals surface area contributed by atoms with Gasteiger partial charge in [-0.15, -0.1) is 23.1 Å². The Bertz CT molecular complexity index is 363. The predicted molar refractivity (Wildman–Crippen MR) is 75.5 cm³/mol. The zero-order valence-electron chi connectivity index (χ0n) is 10.8. The summed E-state index contributed by atoms with van der Waals surface area (Å²) in [5, 5.41) is 6.13. The van der Waals surface area contributed by atoms with Crippen molar-refractivity contribution in [1.82, 2.24) is 10.3 Å². The second-order valence-corrected chi connectivity index (χ2v) is 6.50. The minimum absolute atomic E-state index is 0.114. The van der Waals surface area contributed by atoms with Crippen molar-refractivity contribution < 1.29 is 4.79 Å². The van der Waals surface area contributed by atoms with Crippen molar-refractivity contribution in [2.24, 2.45) is 5.92 Å². The largest absolute Gasteiger partial charge is 0.353 e. The molecule has 0 aromatic carbocycles. The van der Waals surface area contributed by atoms with Gasteiger partial charge in [0.15, 0.2) is 0 Å². The van der Waals surface area contributed by atoms with E-state index in [9.17, 15) is 4.79 Å². The maximum Gasteiger partial charge on any atom is 0.230 e. The molecule has 0 fully saturated rings. The van der Waals surface area contributed by atoms with Gasteiger partial charge in [-0.25, -0.2) is 4.98 Å². The molecule has 0 bridgehead atoms. The highest BCUT2D eigenvalue weighted by Gasteiger charge is 2.10. The molecule has 0 unspecified atom stereocenters. The van der Waals surface area contributed by atoms with E-state index in [2.05, 4.69) is 29.5 Å². The monoisotopic (exact) mass is 272 g/mol. The second kappa shape index (κ2) is 7.01. The summed E-state index contributed by atoms with van der Waals surface area (Å²) in [4.78, 5) is 16.0. The van der Waals surface area contributed by atoms with Crippen LogP contribution in [-0.2, 0) is 10.5 Å². The number of nitrogens with zero attached hydrogens (tertiary/aromatic N) is 1. The summed E-state index contributed by atoms with van der Waals surface area (Å²) >= 11 is 3.27. The summed E-state index contributed by atoms with van der Waals surface area (Å²) in [5.74, 6) is 1.91. The van der Waals surface area contributed by atoms with Crippen molar-refractivity contribution in [3.8, 4) is 0 Å². The Morgan fingerprint density at radius 3 is 2.76 bits per heavy atom. The first kappa shape index (κ1) is 14.5. The van der Waals surface area contributed by atoms with Crippen LogP contribution in [0.1, 0.15) is 31.5 Å². The van der Waals surface area contributed by atoms with Crippen LogP contribution in [0.2, 0.25) is 0 Å².